The molecule has 0 unspecified atom stereocenters. The van der Waals surface area contributed by atoms with Crippen LogP contribution in [0.15, 0.2) is 63.8 Å². The zero-order valence-corrected chi connectivity index (χ0v) is 18.4. The molecule has 4 rings (SSSR count). The van der Waals surface area contributed by atoms with Crippen LogP contribution in [0.4, 0.5) is 0 Å². The van der Waals surface area contributed by atoms with Crippen LogP contribution in [0.2, 0.25) is 0 Å². The molecule has 0 fully saturated rings. The third kappa shape index (κ3) is 4.56. The molecule has 0 spiro atoms. The topological polar surface area (TPSA) is 100 Å². The molecule has 32 heavy (non-hydrogen) atoms. The van der Waals surface area contributed by atoms with Gasteiger partial charge in [0, 0.05) is 18.5 Å². The minimum Gasteiger partial charge on any atom is -0.383 e. The van der Waals surface area contributed by atoms with E-state index >= 15 is 0 Å². The number of rotatable bonds is 9. The number of aromatic nitrogens is 4. The van der Waals surface area contributed by atoms with E-state index in [-0.39, 0.29) is 24.3 Å². The molecule has 0 radical (unpaired) electrons. The standard InChI is InChI=1S/C22H23N5O4S/c1-31-10-9-25-15-24-20-19(25)21(29)27(14-18(28)23-12-17-8-5-11-32-17)22(30)26(20)13-16-6-3-2-4-7-16/h2-8,11,15H,9-10,12-14H2,1H3,(H,23,28). The van der Waals surface area contributed by atoms with Crippen molar-refractivity contribution in [1.29, 1.82) is 0 Å². The third-order valence-corrected chi connectivity index (χ3v) is 5.92. The molecule has 10 heteroatoms. The number of ether oxygens (including phenoxy) is 1. The van der Waals surface area contributed by atoms with E-state index in [1.807, 2.05) is 47.8 Å². The predicted octanol–water partition coefficient (Wildman–Crippen LogP) is 1.43. The van der Waals surface area contributed by atoms with Crippen LogP contribution in [-0.4, -0.2) is 38.3 Å². The van der Waals surface area contributed by atoms with Gasteiger partial charge in [-0.1, -0.05) is 36.4 Å². The van der Waals surface area contributed by atoms with Crippen molar-refractivity contribution in [1.82, 2.24) is 24.0 Å². The van der Waals surface area contributed by atoms with Crippen molar-refractivity contribution < 1.29 is 9.53 Å². The fraction of sp³-hybridized carbons (Fsp3) is 0.273. The van der Waals surface area contributed by atoms with Crippen molar-refractivity contribution in [3.05, 3.63) is 85.5 Å². The number of fused-ring (bicyclic) bond motifs is 1. The van der Waals surface area contributed by atoms with Gasteiger partial charge < -0.3 is 14.6 Å². The maximum atomic E-state index is 13.3. The first-order valence-electron chi connectivity index (χ1n) is 10.1. The second-order valence-corrected chi connectivity index (χ2v) is 8.24. The maximum absolute atomic E-state index is 13.3. The van der Waals surface area contributed by atoms with E-state index in [0.29, 0.717) is 19.7 Å². The molecule has 1 amide bonds. The summed E-state index contributed by atoms with van der Waals surface area (Å²) < 4.78 is 9.19. The van der Waals surface area contributed by atoms with Crippen molar-refractivity contribution in [2.75, 3.05) is 13.7 Å². The third-order valence-electron chi connectivity index (χ3n) is 5.05. The maximum Gasteiger partial charge on any atom is 0.333 e. The molecule has 4 aromatic rings. The van der Waals surface area contributed by atoms with Crippen LogP contribution in [0.25, 0.3) is 11.2 Å². The van der Waals surface area contributed by atoms with Gasteiger partial charge in [-0.15, -0.1) is 11.3 Å². The highest BCUT2D eigenvalue weighted by Crippen LogP contribution is 2.10. The SMILES string of the molecule is COCCn1cnc2c1c(=O)n(CC(=O)NCc1cccs1)c(=O)n2Cc1ccccc1. The number of hydrogen-bond donors (Lipinski definition) is 1. The number of amides is 1. The summed E-state index contributed by atoms with van der Waals surface area (Å²) in [6.45, 7) is 0.982. The number of carbonyl (C=O) groups excluding carboxylic acids is 1. The summed E-state index contributed by atoms with van der Waals surface area (Å²) in [7, 11) is 1.57. The van der Waals surface area contributed by atoms with Crippen molar-refractivity contribution in [2.24, 2.45) is 0 Å². The van der Waals surface area contributed by atoms with Crippen molar-refractivity contribution in [3.63, 3.8) is 0 Å². The van der Waals surface area contributed by atoms with Crippen molar-refractivity contribution in [3.8, 4) is 0 Å². The number of imidazole rings is 1. The molecular formula is C22H23N5O4S. The Morgan fingerprint density at radius 1 is 1.12 bits per heavy atom. The molecular weight excluding hydrogens is 430 g/mol. The average Bonchev–Trinajstić information content (AvgIpc) is 3.47. The van der Waals surface area contributed by atoms with Gasteiger partial charge in [-0.05, 0) is 17.0 Å². The van der Waals surface area contributed by atoms with E-state index in [9.17, 15) is 14.4 Å². The normalized spacial score (nSPS) is 11.2. The Morgan fingerprint density at radius 2 is 1.94 bits per heavy atom. The molecule has 0 bridgehead atoms. The van der Waals surface area contributed by atoms with Crippen LogP contribution < -0.4 is 16.6 Å². The number of thiophene rings is 1. The highest BCUT2D eigenvalue weighted by molar-refractivity contribution is 7.09. The highest BCUT2D eigenvalue weighted by atomic mass is 32.1. The Balaban J connectivity index is 1.74. The van der Waals surface area contributed by atoms with Crippen LogP contribution >= 0.6 is 11.3 Å². The van der Waals surface area contributed by atoms with Crippen LogP contribution in [0.3, 0.4) is 0 Å². The first-order chi connectivity index (χ1) is 15.6. The minimum absolute atomic E-state index is 0.231. The summed E-state index contributed by atoms with van der Waals surface area (Å²) in [6, 6.07) is 13.2. The molecule has 3 aromatic heterocycles. The van der Waals surface area contributed by atoms with Gasteiger partial charge in [0.2, 0.25) is 5.91 Å². The highest BCUT2D eigenvalue weighted by Gasteiger charge is 2.20. The fourth-order valence-electron chi connectivity index (χ4n) is 3.44. The first kappa shape index (κ1) is 21.7. The molecule has 0 saturated carbocycles. The van der Waals surface area contributed by atoms with E-state index in [2.05, 4.69) is 10.3 Å². The lowest BCUT2D eigenvalue weighted by Gasteiger charge is -2.13. The zero-order chi connectivity index (χ0) is 22.5. The van der Waals surface area contributed by atoms with Crippen molar-refractivity contribution >= 4 is 28.4 Å². The molecule has 0 atom stereocenters. The lowest BCUT2D eigenvalue weighted by molar-refractivity contribution is -0.121. The Hall–Kier alpha value is -3.50. The van der Waals surface area contributed by atoms with Gasteiger partial charge in [-0.3, -0.25) is 14.2 Å². The predicted molar refractivity (Wildman–Crippen MR) is 122 cm³/mol. The average molecular weight is 454 g/mol. The molecule has 3 heterocycles. The number of methoxy groups -OCH3 is 1. The van der Waals surface area contributed by atoms with Crippen LogP contribution in [-0.2, 0) is 35.7 Å². The molecule has 0 aliphatic heterocycles. The largest absolute Gasteiger partial charge is 0.383 e. The Bertz CT molecular complexity index is 1320. The number of carbonyl (C=O) groups is 1. The summed E-state index contributed by atoms with van der Waals surface area (Å²) in [4.78, 5) is 44.4. The van der Waals surface area contributed by atoms with E-state index in [1.165, 1.54) is 22.2 Å². The molecule has 0 aliphatic rings. The van der Waals surface area contributed by atoms with Gasteiger partial charge in [0.15, 0.2) is 11.2 Å². The molecule has 9 nitrogen and oxygen atoms in total. The van der Waals surface area contributed by atoms with E-state index < -0.39 is 17.2 Å². The molecule has 1 N–H and O–H groups in total. The molecule has 0 aliphatic carbocycles. The summed E-state index contributed by atoms with van der Waals surface area (Å²) in [6.07, 6.45) is 1.52. The van der Waals surface area contributed by atoms with Crippen molar-refractivity contribution in [2.45, 2.75) is 26.2 Å². The monoisotopic (exact) mass is 453 g/mol. The van der Waals surface area contributed by atoms with Gasteiger partial charge >= 0.3 is 5.69 Å². The van der Waals surface area contributed by atoms with E-state index in [1.54, 1.807) is 11.7 Å². The molecule has 166 valence electrons. The quantitative estimate of drug-likeness (QED) is 0.413. The number of nitrogens with one attached hydrogen (secondary N) is 1. The Morgan fingerprint density at radius 3 is 2.66 bits per heavy atom. The summed E-state index contributed by atoms with van der Waals surface area (Å²) >= 11 is 1.52. The Kier molecular flexibility index (Phi) is 6.62. The minimum atomic E-state index is -0.574. The first-order valence-corrected chi connectivity index (χ1v) is 11.0. The van der Waals surface area contributed by atoms with Gasteiger partial charge in [0.05, 0.1) is 26.0 Å². The van der Waals surface area contributed by atoms with E-state index in [4.69, 9.17) is 4.74 Å². The Labute approximate surface area is 187 Å². The molecule has 1 aromatic carbocycles. The smallest absolute Gasteiger partial charge is 0.333 e. The number of benzene rings is 1. The van der Waals surface area contributed by atoms with Crippen LogP contribution in [0, 0.1) is 0 Å². The van der Waals surface area contributed by atoms with Gasteiger partial charge in [0.25, 0.3) is 5.56 Å². The van der Waals surface area contributed by atoms with Gasteiger partial charge in [0.1, 0.15) is 6.54 Å². The lowest BCUT2D eigenvalue weighted by atomic mass is 10.2. The number of nitrogens with zero attached hydrogens (tertiary/aromatic N) is 4. The summed E-state index contributed by atoms with van der Waals surface area (Å²) in [5.74, 6) is -0.411. The van der Waals surface area contributed by atoms with Crippen LogP contribution in [0.5, 0.6) is 0 Å². The lowest BCUT2D eigenvalue weighted by Crippen LogP contribution is -2.44. The van der Waals surface area contributed by atoms with Gasteiger partial charge in [-0.2, -0.15) is 0 Å². The second kappa shape index (κ2) is 9.75. The van der Waals surface area contributed by atoms with Crippen LogP contribution in [0.1, 0.15) is 10.4 Å². The second-order valence-electron chi connectivity index (χ2n) is 7.20. The summed E-state index contributed by atoms with van der Waals surface area (Å²) in [5, 5.41) is 4.69. The van der Waals surface area contributed by atoms with E-state index in [0.717, 1.165) is 15.0 Å². The molecule has 0 saturated heterocycles. The van der Waals surface area contributed by atoms with Gasteiger partial charge in [-0.25, -0.2) is 14.3 Å². The summed E-state index contributed by atoms with van der Waals surface area (Å²) in [5.41, 5.74) is 0.317. The fourth-order valence-corrected chi connectivity index (χ4v) is 4.09. The number of hydrogen-bond acceptors (Lipinski definition) is 6. The zero-order valence-electron chi connectivity index (χ0n) is 17.6.